The van der Waals surface area contributed by atoms with Gasteiger partial charge in [0.25, 0.3) is 0 Å². The topological polar surface area (TPSA) is 129 Å². The second kappa shape index (κ2) is 8.90. The normalized spacial score (nSPS) is 16.2. The highest BCUT2D eigenvalue weighted by molar-refractivity contribution is 7.90. The fraction of sp³-hybridized carbons (Fsp3) is 0.333. The molecule has 4 rings (SSSR count). The van der Waals surface area contributed by atoms with Crippen molar-refractivity contribution in [1.29, 1.82) is 0 Å². The van der Waals surface area contributed by atoms with Crippen molar-refractivity contribution in [3.8, 4) is 5.75 Å². The highest BCUT2D eigenvalue weighted by Gasteiger charge is 2.31. The summed E-state index contributed by atoms with van der Waals surface area (Å²) in [6.07, 6.45) is 4.22. The maximum Gasteiger partial charge on any atom is 0.341 e. The second-order valence-corrected chi connectivity index (χ2v) is 10.4. The molecule has 0 fully saturated rings. The molecule has 0 radical (unpaired) electrons. The number of carbonyl (C=O) groups excluding carboxylic acids is 1. The summed E-state index contributed by atoms with van der Waals surface area (Å²) in [7, 11) is -3.36. The number of aromatic nitrogens is 1. The predicted molar refractivity (Wildman–Crippen MR) is 123 cm³/mol. The zero-order valence-corrected chi connectivity index (χ0v) is 19.1. The van der Waals surface area contributed by atoms with Crippen LogP contribution in [0.15, 0.2) is 47.4 Å². The Morgan fingerprint density at radius 1 is 1.18 bits per heavy atom. The molecular formula is C24H26N2O6S. The molecule has 1 amide bonds. The summed E-state index contributed by atoms with van der Waals surface area (Å²) in [4.78, 5) is 23.8. The molecule has 0 saturated carbocycles. The van der Waals surface area contributed by atoms with Crippen LogP contribution >= 0.6 is 0 Å². The van der Waals surface area contributed by atoms with Gasteiger partial charge in [-0.3, -0.25) is 4.79 Å². The number of amides is 1. The van der Waals surface area contributed by atoms with Crippen molar-refractivity contribution in [2.24, 2.45) is 5.73 Å². The minimum Gasteiger partial charge on any atom is -0.481 e. The average molecular weight is 471 g/mol. The molecule has 0 bridgehead atoms. The quantitative estimate of drug-likeness (QED) is 0.511. The first-order valence-electron chi connectivity index (χ1n) is 10.7. The first-order chi connectivity index (χ1) is 15.7. The standard InChI is InChI=1S/C24H26N2O6S/c1-33(30,31)16-7-4-6-15(12-16)13-26-18-9-3-2-8-17(24(25)29)22(18)23-19(26)10-5-11-20(23)32-14-21(27)28/h4-7,10-12,17H,2-3,8-9,13-14H2,1H3,(H2,25,29)(H,27,28). The van der Waals surface area contributed by atoms with Crippen LogP contribution in [0.1, 0.15) is 42.0 Å². The first-order valence-corrected chi connectivity index (χ1v) is 12.6. The molecule has 9 heteroatoms. The lowest BCUT2D eigenvalue weighted by Gasteiger charge is -2.14. The Morgan fingerprint density at radius 3 is 2.64 bits per heavy atom. The number of carboxylic acid groups (broad SMARTS) is 1. The number of nitrogens with zero attached hydrogens (tertiary/aromatic N) is 1. The number of sulfone groups is 1. The largest absolute Gasteiger partial charge is 0.481 e. The van der Waals surface area contributed by atoms with Gasteiger partial charge in [0.15, 0.2) is 16.4 Å². The molecule has 3 aromatic rings. The summed E-state index contributed by atoms with van der Waals surface area (Å²) in [5, 5.41) is 9.80. The number of fused-ring (bicyclic) bond motifs is 3. The van der Waals surface area contributed by atoms with E-state index in [0.29, 0.717) is 24.1 Å². The molecule has 1 aliphatic rings. The molecule has 1 unspecified atom stereocenters. The van der Waals surface area contributed by atoms with Gasteiger partial charge in [-0.05, 0) is 54.7 Å². The zero-order chi connectivity index (χ0) is 23.8. The Bertz CT molecular complexity index is 1340. The number of primary amides is 1. The van der Waals surface area contributed by atoms with E-state index < -0.39 is 34.2 Å². The third-order valence-corrected chi connectivity index (χ3v) is 7.18. The Balaban J connectivity index is 1.93. The number of carboxylic acids is 1. The van der Waals surface area contributed by atoms with Crippen LogP contribution in [-0.2, 0) is 32.4 Å². The minimum absolute atomic E-state index is 0.239. The number of benzene rings is 2. The number of hydrogen-bond acceptors (Lipinski definition) is 5. The minimum atomic E-state index is -3.36. The molecule has 8 nitrogen and oxygen atoms in total. The van der Waals surface area contributed by atoms with E-state index >= 15 is 0 Å². The lowest BCUT2D eigenvalue weighted by molar-refractivity contribution is -0.139. The first kappa shape index (κ1) is 22.8. The van der Waals surface area contributed by atoms with Gasteiger partial charge in [-0.2, -0.15) is 0 Å². The smallest absolute Gasteiger partial charge is 0.341 e. The van der Waals surface area contributed by atoms with Gasteiger partial charge in [-0.1, -0.05) is 24.6 Å². The molecule has 1 heterocycles. The Labute approximate surface area is 191 Å². The molecule has 2 aromatic carbocycles. The SMILES string of the molecule is CS(=O)(=O)c1cccc(Cn2c3c(c4c(OCC(=O)O)cccc42)C(C(N)=O)CCCC3)c1. The third-order valence-electron chi connectivity index (χ3n) is 6.07. The monoisotopic (exact) mass is 470 g/mol. The Hall–Kier alpha value is -3.33. The number of ether oxygens (including phenoxy) is 1. The van der Waals surface area contributed by atoms with Crippen molar-refractivity contribution in [3.05, 3.63) is 59.3 Å². The fourth-order valence-electron chi connectivity index (χ4n) is 4.66. The highest BCUT2D eigenvalue weighted by atomic mass is 32.2. The van der Waals surface area contributed by atoms with Crippen molar-refractivity contribution in [3.63, 3.8) is 0 Å². The van der Waals surface area contributed by atoms with E-state index in [0.717, 1.165) is 41.6 Å². The van der Waals surface area contributed by atoms with Crippen LogP contribution in [0.25, 0.3) is 10.9 Å². The number of aliphatic carboxylic acids is 1. The van der Waals surface area contributed by atoms with Gasteiger partial charge in [-0.25, -0.2) is 13.2 Å². The summed E-state index contributed by atoms with van der Waals surface area (Å²) in [6, 6.07) is 12.2. The van der Waals surface area contributed by atoms with Gasteiger partial charge in [-0.15, -0.1) is 0 Å². The number of carbonyl (C=O) groups is 2. The predicted octanol–water partition coefficient (Wildman–Crippen LogP) is 2.85. The third kappa shape index (κ3) is 4.59. The molecule has 0 saturated heterocycles. The van der Waals surface area contributed by atoms with Gasteiger partial charge in [0.2, 0.25) is 5.91 Å². The van der Waals surface area contributed by atoms with E-state index in [1.807, 2.05) is 12.1 Å². The van der Waals surface area contributed by atoms with Crippen molar-refractivity contribution >= 4 is 32.6 Å². The highest BCUT2D eigenvalue weighted by Crippen LogP contribution is 2.42. The maximum atomic E-state index is 12.4. The van der Waals surface area contributed by atoms with Crippen molar-refractivity contribution in [1.82, 2.24) is 4.57 Å². The summed E-state index contributed by atoms with van der Waals surface area (Å²) < 4.78 is 31.8. The lowest BCUT2D eigenvalue weighted by atomic mass is 9.92. The average Bonchev–Trinajstić information content (AvgIpc) is 2.91. The molecule has 0 aliphatic heterocycles. The van der Waals surface area contributed by atoms with Gasteiger partial charge >= 0.3 is 5.97 Å². The number of hydrogen-bond donors (Lipinski definition) is 2. The number of nitrogens with two attached hydrogens (primary N) is 1. The Morgan fingerprint density at radius 2 is 1.94 bits per heavy atom. The van der Waals surface area contributed by atoms with Crippen LogP contribution in [0.5, 0.6) is 5.75 Å². The molecule has 1 aromatic heterocycles. The number of rotatable bonds is 7. The van der Waals surface area contributed by atoms with Crippen LogP contribution in [0.3, 0.4) is 0 Å². The van der Waals surface area contributed by atoms with E-state index in [1.54, 1.807) is 30.3 Å². The van der Waals surface area contributed by atoms with Gasteiger partial charge in [0, 0.05) is 23.9 Å². The summed E-state index contributed by atoms with van der Waals surface area (Å²) in [6.45, 7) is -0.111. The van der Waals surface area contributed by atoms with E-state index in [2.05, 4.69) is 4.57 Å². The van der Waals surface area contributed by atoms with Crippen LogP contribution in [0, 0.1) is 0 Å². The molecule has 33 heavy (non-hydrogen) atoms. The van der Waals surface area contributed by atoms with E-state index in [4.69, 9.17) is 15.6 Å². The molecule has 3 N–H and O–H groups in total. The van der Waals surface area contributed by atoms with Crippen LogP contribution in [0.4, 0.5) is 0 Å². The van der Waals surface area contributed by atoms with Crippen LogP contribution in [0.2, 0.25) is 0 Å². The lowest BCUT2D eigenvalue weighted by Crippen LogP contribution is -2.21. The van der Waals surface area contributed by atoms with Crippen molar-refractivity contribution in [2.45, 2.75) is 43.0 Å². The van der Waals surface area contributed by atoms with Crippen LogP contribution in [-0.4, -0.2) is 42.8 Å². The van der Waals surface area contributed by atoms with Gasteiger partial charge in [0.05, 0.1) is 16.3 Å². The molecule has 0 spiro atoms. The summed E-state index contributed by atoms with van der Waals surface area (Å²) in [5.74, 6) is -1.64. The van der Waals surface area contributed by atoms with E-state index in [-0.39, 0.29) is 4.90 Å². The molecule has 1 atom stereocenters. The van der Waals surface area contributed by atoms with Crippen LogP contribution < -0.4 is 10.5 Å². The zero-order valence-electron chi connectivity index (χ0n) is 18.3. The second-order valence-electron chi connectivity index (χ2n) is 8.40. The van der Waals surface area contributed by atoms with E-state index in [9.17, 15) is 18.0 Å². The van der Waals surface area contributed by atoms with Gasteiger partial charge in [0.1, 0.15) is 5.75 Å². The summed E-state index contributed by atoms with van der Waals surface area (Å²) in [5.41, 5.74) is 9.12. The molecule has 174 valence electrons. The van der Waals surface area contributed by atoms with Crippen molar-refractivity contribution in [2.75, 3.05) is 12.9 Å². The fourth-order valence-corrected chi connectivity index (χ4v) is 5.35. The van der Waals surface area contributed by atoms with Crippen molar-refractivity contribution < 1.29 is 27.9 Å². The molecular weight excluding hydrogens is 444 g/mol. The van der Waals surface area contributed by atoms with Gasteiger partial charge < -0.3 is 20.1 Å². The maximum absolute atomic E-state index is 12.4. The summed E-state index contributed by atoms with van der Waals surface area (Å²) >= 11 is 0. The molecule has 1 aliphatic carbocycles. The Kier molecular flexibility index (Phi) is 6.16. The van der Waals surface area contributed by atoms with E-state index in [1.165, 1.54) is 6.26 Å².